The summed E-state index contributed by atoms with van der Waals surface area (Å²) in [7, 11) is -2.32. The monoisotopic (exact) mass is 164 g/mol. The maximum Gasteiger partial charge on any atom is 0.361 e. The maximum absolute atomic E-state index is 10.4. The molecule has 0 saturated heterocycles. The third kappa shape index (κ3) is 1.39. The van der Waals surface area contributed by atoms with Crippen LogP contribution in [0.4, 0.5) is 0 Å². The lowest BCUT2D eigenvalue weighted by atomic mass is 10.9. The molecular weight excluding hydrogens is 156 g/mol. The average Bonchev–Trinajstić information content (AvgIpc) is 2.11. The number of hydrogen-bond acceptors (Lipinski definition) is 3. The molecule has 0 unspecified atom stereocenters. The summed E-state index contributed by atoms with van der Waals surface area (Å²) < 4.78 is 30.1. The van der Waals surface area contributed by atoms with Crippen LogP contribution in [0, 0.1) is 0 Å². The van der Waals surface area contributed by atoms with Gasteiger partial charge in [0.05, 0.1) is 0 Å². The van der Waals surface area contributed by atoms with Crippen LogP contribution < -0.4 is 0 Å². The van der Waals surface area contributed by atoms with E-state index < -0.39 is 10.3 Å². The minimum absolute atomic E-state index is 0.179. The lowest BCUT2D eigenvalue weighted by Crippen LogP contribution is -2.27. The molecule has 10 heavy (non-hydrogen) atoms. The summed E-state index contributed by atoms with van der Waals surface area (Å²) in [4.78, 5) is 1.63. The largest absolute Gasteiger partial charge is 0.361 e. The zero-order valence-electron chi connectivity index (χ0n) is 5.43. The van der Waals surface area contributed by atoms with E-state index in [0.717, 1.165) is 4.31 Å². The molecule has 0 spiro atoms. The van der Waals surface area contributed by atoms with Gasteiger partial charge in [0.2, 0.25) is 0 Å². The Morgan fingerprint density at radius 1 is 1.50 bits per heavy atom. The van der Waals surface area contributed by atoms with Crippen LogP contribution in [0.1, 0.15) is 0 Å². The smallest absolute Gasteiger partial charge is 0.361 e. The Morgan fingerprint density at radius 2 is 2.10 bits per heavy atom. The quantitative estimate of drug-likeness (QED) is 0.529. The Bertz CT molecular complexity index is 245. The molecule has 0 radical (unpaired) electrons. The lowest BCUT2D eigenvalue weighted by molar-refractivity contribution is 0.349. The second-order valence-electron chi connectivity index (χ2n) is 2.06. The molecule has 0 saturated carbocycles. The highest BCUT2D eigenvalue weighted by molar-refractivity contribution is 7.83. The summed E-state index contributed by atoms with van der Waals surface area (Å²) in [5.74, 6) is 0. The molecule has 1 N–H and O–H groups in total. The van der Waals surface area contributed by atoms with Crippen LogP contribution in [0.2, 0.25) is 0 Å². The molecule has 1 heterocycles. The predicted molar refractivity (Wildman–Crippen MR) is 35.2 cm³/mol. The van der Waals surface area contributed by atoms with Gasteiger partial charge in [-0.25, -0.2) is 4.31 Å². The van der Waals surface area contributed by atoms with Gasteiger partial charge in [-0.05, 0) is 0 Å². The van der Waals surface area contributed by atoms with Gasteiger partial charge in [0, 0.05) is 19.4 Å². The van der Waals surface area contributed by atoms with Gasteiger partial charge in [0.25, 0.3) is 0 Å². The first-order valence-corrected chi connectivity index (χ1v) is 4.02. The molecule has 58 valence electrons. The van der Waals surface area contributed by atoms with Gasteiger partial charge in [-0.1, -0.05) is 0 Å². The van der Waals surface area contributed by atoms with Crippen LogP contribution in [0.3, 0.4) is 0 Å². The van der Waals surface area contributed by atoms with Crippen molar-refractivity contribution in [3.8, 4) is 0 Å². The Kier molecular flexibility index (Phi) is 1.57. The first-order valence-electron chi connectivity index (χ1n) is 2.63. The van der Waals surface area contributed by atoms with Gasteiger partial charge in [-0.15, -0.1) is 0 Å². The Hall–Kier alpha value is -0.750. The van der Waals surface area contributed by atoms with Crippen molar-refractivity contribution < 1.29 is 13.0 Å². The second-order valence-corrected chi connectivity index (χ2v) is 3.43. The topological polar surface area (TPSA) is 60.9 Å². The van der Waals surface area contributed by atoms with Gasteiger partial charge in [-0.2, -0.15) is 8.42 Å². The van der Waals surface area contributed by atoms with E-state index in [2.05, 4.69) is 0 Å². The fourth-order valence-electron chi connectivity index (χ4n) is 0.652. The molecule has 0 aromatic rings. The standard InChI is InChI=1S/C4H8N2O3S/c1-5-2-3-6(4-5)10(7,8)9/h2-3H,4H2,1H3,(H,7,8,9). The third-order valence-electron chi connectivity index (χ3n) is 1.15. The normalized spacial score (nSPS) is 18.6. The van der Waals surface area contributed by atoms with Crippen molar-refractivity contribution in [2.75, 3.05) is 13.7 Å². The summed E-state index contributed by atoms with van der Waals surface area (Å²) in [5, 5.41) is 0. The summed E-state index contributed by atoms with van der Waals surface area (Å²) in [5.41, 5.74) is 0. The molecule has 0 atom stereocenters. The maximum atomic E-state index is 10.4. The van der Waals surface area contributed by atoms with Crippen molar-refractivity contribution in [2.24, 2.45) is 0 Å². The summed E-state index contributed by atoms with van der Waals surface area (Å²) in [6.07, 6.45) is 2.86. The van der Waals surface area contributed by atoms with Crippen LogP contribution >= 0.6 is 0 Å². The van der Waals surface area contributed by atoms with E-state index in [1.54, 1.807) is 18.1 Å². The molecule has 0 aliphatic carbocycles. The number of nitrogens with zero attached hydrogens (tertiary/aromatic N) is 2. The molecule has 0 aromatic carbocycles. The fourth-order valence-corrected chi connectivity index (χ4v) is 1.19. The highest BCUT2D eigenvalue weighted by atomic mass is 32.2. The van der Waals surface area contributed by atoms with Crippen LogP contribution in [-0.2, 0) is 10.3 Å². The first-order chi connectivity index (χ1) is 4.50. The summed E-state index contributed by atoms with van der Waals surface area (Å²) in [6.45, 7) is 0.179. The summed E-state index contributed by atoms with van der Waals surface area (Å²) in [6, 6.07) is 0. The zero-order valence-corrected chi connectivity index (χ0v) is 6.24. The van der Waals surface area contributed by atoms with Crippen LogP contribution in [0.25, 0.3) is 0 Å². The SMILES string of the molecule is CN1C=CN(S(=O)(=O)O)C1. The number of rotatable bonds is 1. The van der Waals surface area contributed by atoms with Crippen molar-refractivity contribution >= 4 is 10.3 Å². The molecule has 0 bridgehead atoms. The van der Waals surface area contributed by atoms with E-state index in [1.165, 1.54) is 6.20 Å². The van der Waals surface area contributed by atoms with E-state index in [4.69, 9.17) is 4.55 Å². The van der Waals surface area contributed by atoms with Crippen molar-refractivity contribution in [1.82, 2.24) is 9.21 Å². The van der Waals surface area contributed by atoms with Crippen LogP contribution in [0.5, 0.6) is 0 Å². The van der Waals surface area contributed by atoms with Crippen molar-refractivity contribution in [3.05, 3.63) is 12.4 Å². The summed E-state index contributed by atoms with van der Waals surface area (Å²) >= 11 is 0. The van der Waals surface area contributed by atoms with Crippen molar-refractivity contribution in [2.45, 2.75) is 0 Å². The Labute approximate surface area is 59.4 Å². The molecule has 0 fully saturated rings. The first kappa shape index (κ1) is 7.36. The molecule has 1 aliphatic heterocycles. The molecule has 1 rings (SSSR count). The van der Waals surface area contributed by atoms with Gasteiger partial charge in [0.15, 0.2) is 0 Å². The second kappa shape index (κ2) is 2.14. The predicted octanol–water partition coefficient (Wildman–Crippen LogP) is -0.535. The van der Waals surface area contributed by atoms with E-state index >= 15 is 0 Å². The minimum atomic E-state index is -4.03. The highest BCUT2D eigenvalue weighted by Gasteiger charge is 2.18. The van der Waals surface area contributed by atoms with E-state index in [1.807, 2.05) is 0 Å². The minimum Gasteiger partial charge on any atom is -0.361 e. The van der Waals surface area contributed by atoms with Gasteiger partial charge in [-0.3, -0.25) is 4.55 Å². The van der Waals surface area contributed by atoms with Crippen LogP contribution in [-0.4, -0.2) is 35.9 Å². The third-order valence-corrected chi connectivity index (χ3v) is 1.98. The molecule has 0 amide bonds. The Balaban J connectivity index is 2.73. The molecule has 5 nitrogen and oxygen atoms in total. The molecule has 1 aliphatic rings. The lowest BCUT2D eigenvalue weighted by Gasteiger charge is -2.13. The molecule has 6 heteroatoms. The average molecular weight is 164 g/mol. The van der Waals surface area contributed by atoms with Crippen molar-refractivity contribution in [3.63, 3.8) is 0 Å². The van der Waals surface area contributed by atoms with Gasteiger partial charge in [0.1, 0.15) is 6.67 Å². The van der Waals surface area contributed by atoms with E-state index in [0.29, 0.717) is 0 Å². The fraction of sp³-hybridized carbons (Fsp3) is 0.500. The Morgan fingerprint density at radius 3 is 2.30 bits per heavy atom. The van der Waals surface area contributed by atoms with Gasteiger partial charge < -0.3 is 4.90 Å². The molecular formula is C4H8N2O3S. The zero-order chi connectivity index (χ0) is 7.78. The van der Waals surface area contributed by atoms with Gasteiger partial charge >= 0.3 is 10.3 Å². The highest BCUT2D eigenvalue weighted by Crippen LogP contribution is 2.06. The van der Waals surface area contributed by atoms with E-state index in [-0.39, 0.29) is 6.67 Å². The molecule has 0 aromatic heterocycles. The van der Waals surface area contributed by atoms with Crippen LogP contribution in [0.15, 0.2) is 12.4 Å². The van der Waals surface area contributed by atoms with Crippen molar-refractivity contribution in [1.29, 1.82) is 0 Å². The van der Waals surface area contributed by atoms with E-state index in [9.17, 15) is 8.42 Å². The number of hydrogen-bond donors (Lipinski definition) is 1.